The molecule has 1 saturated heterocycles. The van der Waals surface area contributed by atoms with Gasteiger partial charge in [-0.1, -0.05) is 12.1 Å². The van der Waals surface area contributed by atoms with Gasteiger partial charge >= 0.3 is 5.97 Å². The molecule has 0 saturated carbocycles. The van der Waals surface area contributed by atoms with Crippen molar-refractivity contribution in [2.45, 2.75) is 12.8 Å². The molecule has 1 aromatic rings. The molecule has 1 amide bonds. The monoisotopic (exact) mass is 292 g/mol. The summed E-state index contributed by atoms with van der Waals surface area (Å²) in [6.07, 6.45) is 1.33. The second-order valence-electron chi connectivity index (χ2n) is 4.89. The molecule has 0 unspecified atom stereocenters. The second kappa shape index (κ2) is 6.34. The topological polar surface area (TPSA) is 89.8 Å². The molecular weight excluding hydrogens is 276 g/mol. The third-order valence-electron chi connectivity index (χ3n) is 3.57. The predicted molar refractivity (Wildman–Crippen MR) is 73.7 cm³/mol. The normalized spacial score (nSPS) is 18.1. The lowest BCUT2D eigenvalue weighted by Gasteiger charge is -2.31. The molecule has 1 aliphatic rings. The number of nitro groups is 1. The van der Waals surface area contributed by atoms with E-state index >= 15 is 0 Å². The quantitative estimate of drug-likeness (QED) is 0.479. The van der Waals surface area contributed by atoms with Crippen LogP contribution >= 0.6 is 0 Å². The number of ether oxygens (including phenoxy) is 1. The van der Waals surface area contributed by atoms with E-state index in [1.807, 2.05) is 0 Å². The molecule has 21 heavy (non-hydrogen) atoms. The van der Waals surface area contributed by atoms with E-state index in [-0.39, 0.29) is 29.7 Å². The molecule has 0 aliphatic carbocycles. The third-order valence-corrected chi connectivity index (χ3v) is 3.57. The average molecular weight is 292 g/mol. The number of nitro benzene ring substituents is 1. The molecule has 1 fully saturated rings. The lowest BCUT2D eigenvalue weighted by Crippen LogP contribution is -2.42. The van der Waals surface area contributed by atoms with Crippen molar-refractivity contribution in [3.8, 4) is 0 Å². The van der Waals surface area contributed by atoms with Crippen LogP contribution < -0.4 is 0 Å². The Balaban J connectivity index is 2.20. The number of hydrogen-bond acceptors (Lipinski definition) is 5. The molecule has 7 nitrogen and oxygen atoms in total. The van der Waals surface area contributed by atoms with Gasteiger partial charge in [-0.15, -0.1) is 0 Å². The maximum Gasteiger partial charge on any atom is 0.310 e. The highest BCUT2D eigenvalue weighted by atomic mass is 16.6. The van der Waals surface area contributed by atoms with Gasteiger partial charge in [0.15, 0.2) is 0 Å². The minimum absolute atomic E-state index is 0.0491. The van der Waals surface area contributed by atoms with Gasteiger partial charge in [-0.05, 0) is 18.9 Å². The number of likely N-dealkylation sites (tertiary alicyclic amines) is 1. The van der Waals surface area contributed by atoms with Gasteiger partial charge in [0, 0.05) is 19.2 Å². The van der Waals surface area contributed by atoms with Crippen LogP contribution in [0.1, 0.15) is 23.2 Å². The van der Waals surface area contributed by atoms with E-state index in [1.54, 1.807) is 6.07 Å². The van der Waals surface area contributed by atoms with Crippen LogP contribution in [0.3, 0.4) is 0 Å². The largest absolute Gasteiger partial charge is 0.469 e. The number of piperidine rings is 1. The fourth-order valence-electron chi connectivity index (χ4n) is 2.50. The number of methoxy groups -OCH3 is 1. The first-order valence-corrected chi connectivity index (χ1v) is 6.65. The standard InChI is InChI=1S/C14H16N2O5/c1-21-14(18)10-5-4-8-15(9-10)13(17)11-6-2-3-7-12(11)16(19)20/h2-3,6-7,10H,4-5,8-9H2,1H3/t10-/m0/s1. The summed E-state index contributed by atoms with van der Waals surface area (Å²) < 4.78 is 4.70. The Morgan fingerprint density at radius 2 is 2.10 bits per heavy atom. The average Bonchev–Trinajstić information content (AvgIpc) is 2.53. The van der Waals surface area contributed by atoms with Crippen molar-refractivity contribution < 1.29 is 19.2 Å². The summed E-state index contributed by atoms with van der Waals surface area (Å²) in [5.41, 5.74) is -0.171. The van der Waals surface area contributed by atoms with Crippen LogP contribution in [-0.2, 0) is 9.53 Å². The van der Waals surface area contributed by atoms with Gasteiger partial charge in [0.25, 0.3) is 11.6 Å². The number of nitrogens with zero attached hydrogens (tertiary/aromatic N) is 2. The highest BCUT2D eigenvalue weighted by Gasteiger charge is 2.31. The Bertz CT molecular complexity index is 572. The number of carbonyl (C=O) groups is 2. The fraction of sp³-hybridized carbons (Fsp3) is 0.429. The Morgan fingerprint density at radius 1 is 1.38 bits per heavy atom. The maximum atomic E-state index is 12.5. The molecule has 0 aromatic heterocycles. The molecule has 1 aliphatic heterocycles. The van der Waals surface area contributed by atoms with Gasteiger partial charge in [-0.25, -0.2) is 0 Å². The Hall–Kier alpha value is -2.44. The molecule has 1 heterocycles. The molecule has 0 bridgehead atoms. The zero-order valence-corrected chi connectivity index (χ0v) is 11.7. The minimum Gasteiger partial charge on any atom is -0.469 e. The molecular formula is C14H16N2O5. The van der Waals surface area contributed by atoms with E-state index in [9.17, 15) is 19.7 Å². The lowest BCUT2D eigenvalue weighted by molar-refractivity contribution is -0.385. The van der Waals surface area contributed by atoms with E-state index in [4.69, 9.17) is 4.74 Å². The van der Waals surface area contributed by atoms with Gasteiger partial charge in [-0.2, -0.15) is 0 Å². The number of rotatable bonds is 3. The number of benzene rings is 1. The molecule has 0 N–H and O–H groups in total. The van der Waals surface area contributed by atoms with Gasteiger partial charge in [0.1, 0.15) is 5.56 Å². The van der Waals surface area contributed by atoms with Gasteiger partial charge in [0.2, 0.25) is 0 Å². The van der Waals surface area contributed by atoms with Gasteiger partial charge in [0.05, 0.1) is 18.0 Å². The number of esters is 1. The fourth-order valence-corrected chi connectivity index (χ4v) is 2.50. The van der Waals surface area contributed by atoms with Crippen LogP contribution in [0.5, 0.6) is 0 Å². The van der Waals surface area contributed by atoms with E-state index in [0.717, 1.165) is 0 Å². The smallest absolute Gasteiger partial charge is 0.310 e. The molecule has 1 atom stereocenters. The maximum absolute atomic E-state index is 12.5. The van der Waals surface area contributed by atoms with Crippen molar-refractivity contribution in [3.63, 3.8) is 0 Å². The molecule has 1 aromatic carbocycles. The summed E-state index contributed by atoms with van der Waals surface area (Å²) in [4.78, 5) is 35.9. The summed E-state index contributed by atoms with van der Waals surface area (Å²) in [6, 6.07) is 5.83. The third kappa shape index (κ3) is 3.18. The van der Waals surface area contributed by atoms with Crippen LogP contribution in [0.25, 0.3) is 0 Å². The number of amides is 1. The summed E-state index contributed by atoms with van der Waals surface area (Å²) in [7, 11) is 1.31. The van der Waals surface area contributed by atoms with Crippen molar-refractivity contribution in [2.24, 2.45) is 5.92 Å². The SMILES string of the molecule is COC(=O)[C@H]1CCCN(C(=O)c2ccccc2[N+](=O)[O-])C1. The molecule has 7 heteroatoms. The zero-order valence-electron chi connectivity index (χ0n) is 11.7. The Kier molecular flexibility index (Phi) is 4.52. The van der Waals surface area contributed by atoms with E-state index < -0.39 is 10.8 Å². The van der Waals surface area contributed by atoms with Crippen molar-refractivity contribution in [3.05, 3.63) is 39.9 Å². The van der Waals surface area contributed by atoms with Crippen LogP contribution in [-0.4, -0.2) is 41.9 Å². The van der Waals surface area contributed by atoms with Crippen LogP contribution in [0.15, 0.2) is 24.3 Å². The van der Waals surface area contributed by atoms with E-state index in [2.05, 4.69) is 0 Å². The summed E-state index contributed by atoms with van der Waals surface area (Å²) in [5.74, 6) is -1.14. The minimum atomic E-state index is -0.574. The van der Waals surface area contributed by atoms with Crippen molar-refractivity contribution in [2.75, 3.05) is 20.2 Å². The first kappa shape index (κ1) is 15.0. The van der Waals surface area contributed by atoms with Gasteiger partial charge < -0.3 is 9.64 Å². The lowest BCUT2D eigenvalue weighted by atomic mass is 9.97. The van der Waals surface area contributed by atoms with Crippen molar-refractivity contribution in [1.29, 1.82) is 0 Å². The van der Waals surface area contributed by atoms with Crippen LogP contribution in [0.2, 0.25) is 0 Å². The van der Waals surface area contributed by atoms with E-state index in [0.29, 0.717) is 19.4 Å². The molecule has 112 valence electrons. The van der Waals surface area contributed by atoms with Gasteiger partial charge in [-0.3, -0.25) is 19.7 Å². The first-order chi connectivity index (χ1) is 10.0. The summed E-state index contributed by atoms with van der Waals surface area (Å²) >= 11 is 0. The molecule has 2 rings (SSSR count). The predicted octanol–water partition coefficient (Wildman–Crippen LogP) is 1.62. The summed E-state index contributed by atoms with van der Waals surface area (Å²) in [5, 5.41) is 11.0. The van der Waals surface area contributed by atoms with Crippen molar-refractivity contribution >= 4 is 17.6 Å². The number of para-hydroxylation sites is 1. The highest BCUT2D eigenvalue weighted by molar-refractivity contribution is 5.98. The Labute approximate surface area is 121 Å². The van der Waals surface area contributed by atoms with Crippen LogP contribution in [0, 0.1) is 16.0 Å². The number of hydrogen-bond donors (Lipinski definition) is 0. The zero-order chi connectivity index (χ0) is 15.4. The summed E-state index contributed by atoms with van der Waals surface area (Å²) in [6.45, 7) is 0.718. The highest BCUT2D eigenvalue weighted by Crippen LogP contribution is 2.24. The Morgan fingerprint density at radius 3 is 2.76 bits per heavy atom. The van der Waals surface area contributed by atoms with E-state index in [1.165, 1.54) is 30.2 Å². The molecule has 0 spiro atoms. The van der Waals surface area contributed by atoms with Crippen LogP contribution in [0.4, 0.5) is 5.69 Å². The number of carbonyl (C=O) groups excluding carboxylic acids is 2. The second-order valence-corrected chi connectivity index (χ2v) is 4.89. The molecule has 0 radical (unpaired) electrons. The van der Waals surface area contributed by atoms with Crippen molar-refractivity contribution in [1.82, 2.24) is 4.90 Å². The first-order valence-electron chi connectivity index (χ1n) is 6.65.